The lowest BCUT2D eigenvalue weighted by Gasteiger charge is -2.32. The topological polar surface area (TPSA) is 59.1 Å². The van der Waals surface area contributed by atoms with Gasteiger partial charge in [0.05, 0.1) is 18.2 Å². The Balaban J connectivity index is 1.60. The largest absolute Gasteiger partial charge is 0.371 e. The Morgan fingerprint density at radius 2 is 2.29 bits per heavy atom. The van der Waals surface area contributed by atoms with Crippen molar-refractivity contribution >= 4 is 5.95 Å². The highest BCUT2D eigenvalue weighted by molar-refractivity contribution is 5.25. The molecule has 2 aliphatic rings. The van der Waals surface area contributed by atoms with Crippen molar-refractivity contribution in [3.8, 4) is 0 Å². The lowest BCUT2D eigenvalue weighted by molar-refractivity contribution is -0.0138. The first-order valence-corrected chi connectivity index (χ1v) is 6.25. The Labute approximate surface area is 101 Å². The molecule has 0 amide bonds. The summed E-state index contributed by atoms with van der Waals surface area (Å²) >= 11 is 0. The van der Waals surface area contributed by atoms with E-state index in [0.29, 0.717) is 12.0 Å². The van der Waals surface area contributed by atoms with Crippen LogP contribution in [0.5, 0.6) is 0 Å². The van der Waals surface area contributed by atoms with Crippen LogP contribution in [-0.2, 0) is 4.74 Å². The molecule has 0 radical (unpaired) electrons. The first-order valence-electron chi connectivity index (χ1n) is 6.25. The number of nitrogens with one attached hydrogen (secondary N) is 2. The molecule has 5 nitrogen and oxygen atoms in total. The Kier molecular flexibility index (Phi) is 2.94. The van der Waals surface area contributed by atoms with Crippen molar-refractivity contribution in [3.63, 3.8) is 0 Å². The molecule has 17 heavy (non-hydrogen) atoms. The van der Waals surface area contributed by atoms with Gasteiger partial charge in [-0.3, -0.25) is 0 Å². The minimum atomic E-state index is 0.0463. The fourth-order valence-corrected chi connectivity index (χ4v) is 2.73. The van der Waals surface area contributed by atoms with Crippen LogP contribution in [0.25, 0.3) is 0 Å². The second-order valence-electron chi connectivity index (χ2n) is 4.89. The molecule has 2 fully saturated rings. The average Bonchev–Trinajstić information content (AvgIpc) is 2.74. The smallest absolute Gasteiger partial charge is 0.222 e. The molecule has 2 saturated heterocycles. The van der Waals surface area contributed by atoms with Crippen LogP contribution in [0.3, 0.4) is 0 Å². The summed E-state index contributed by atoms with van der Waals surface area (Å²) < 4.78 is 5.99. The maximum absolute atomic E-state index is 5.99. The maximum atomic E-state index is 5.99. The van der Waals surface area contributed by atoms with E-state index < -0.39 is 0 Å². The number of ether oxygens (including phenoxy) is 1. The summed E-state index contributed by atoms with van der Waals surface area (Å²) in [6.07, 6.45) is 6.91. The normalized spacial score (nSPS) is 32.8. The zero-order valence-corrected chi connectivity index (χ0v) is 9.85. The van der Waals surface area contributed by atoms with Crippen molar-refractivity contribution < 1.29 is 4.74 Å². The van der Waals surface area contributed by atoms with E-state index in [4.69, 9.17) is 4.74 Å². The molecule has 0 unspecified atom stereocenters. The van der Waals surface area contributed by atoms with E-state index >= 15 is 0 Å². The maximum Gasteiger partial charge on any atom is 0.222 e. The Morgan fingerprint density at radius 1 is 1.41 bits per heavy atom. The van der Waals surface area contributed by atoms with Gasteiger partial charge in [-0.25, -0.2) is 9.97 Å². The summed E-state index contributed by atoms with van der Waals surface area (Å²) in [6.45, 7) is 2.84. The van der Waals surface area contributed by atoms with Crippen LogP contribution in [0.4, 0.5) is 5.95 Å². The summed E-state index contributed by atoms with van der Waals surface area (Å²) in [4.78, 5) is 8.36. The quantitative estimate of drug-likeness (QED) is 0.792. The highest BCUT2D eigenvalue weighted by atomic mass is 16.5. The van der Waals surface area contributed by atoms with Crippen molar-refractivity contribution in [3.05, 3.63) is 18.5 Å². The molecule has 0 bridgehead atoms. The number of nitrogens with zero attached hydrogens (tertiary/aromatic N) is 2. The molecule has 5 heteroatoms. The molecule has 3 heterocycles. The Morgan fingerprint density at radius 3 is 3.06 bits per heavy atom. The van der Waals surface area contributed by atoms with E-state index in [1.54, 1.807) is 12.4 Å². The van der Waals surface area contributed by atoms with Crippen molar-refractivity contribution in [2.45, 2.75) is 30.9 Å². The van der Waals surface area contributed by atoms with Gasteiger partial charge >= 0.3 is 0 Å². The molecule has 92 valence electrons. The van der Waals surface area contributed by atoms with E-state index in [9.17, 15) is 0 Å². The summed E-state index contributed by atoms with van der Waals surface area (Å²) in [6, 6.07) is 2.15. The third-order valence-electron chi connectivity index (χ3n) is 3.54. The fourth-order valence-electron chi connectivity index (χ4n) is 2.73. The van der Waals surface area contributed by atoms with Crippen LogP contribution in [0.1, 0.15) is 19.3 Å². The van der Waals surface area contributed by atoms with Crippen molar-refractivity contribution in [1.82, 2.24) is 15.3 Å². The third kappa shape index (κ3) is 2.40. The van der Waals surface area contributed by atoms with Crippen LogP contribution in [0.2, 0.25) is 0 Å². The second kappa shape index (κ2) is 4.58. The van der Waals surface area contributed by atoms with Crippen LogP contribution in [0, 0.1) is 0 Å². The molecular weight excluding hydrogens is 216 g/mol. The predicted octanol–water partition coefficient (Wildman–Crippen LogP) is 0.800. The molecule has 2 atom stereocenters. The van der Waals surface area contributed by atoms with Gasteiger partial charge in [0.15, 0.2) is 0 Å². The Bertz CT molecular complexity index is 364. The standard InChI is InChI=1S/C12H18N4O/c1-3-12(9-13-4-1)7-10(8-17-12)16-11-14-5-2-6-15-11/h2,5-6,10,13H,1,3-4,7-9H2,(H,14,15,16)/t10-,12-/m0/s1. The van der Waals surface area contributed by atoms with Gasteiger partial charge in [-0.2, -0.15) is 0 Å². The van der Waals surface area contributed by atoms with Gasteiger partial charge in [0.1, 0.15) is 0 Å². The molecule has 2 aliphatic heterocycles. The van der Waals surface area contributed by atoms with Gasteiger partial charge in [-0.1, -0.05) is 0 Å². The van der Waals surface area contributed by atoms with Gasteiger partial charge in [0.25, 0.3) is 0 Å². The summed E-state index contributed by atoms with van der Waals surface area (Å²) in [5.74, 6) is 0.696. The van der Waals surface area contributed by atoms with E-state index in [1.807, 2.05) is 6.07 Å². The predicted molar refractivity (Wildman–Crippen MR) is 64.8 cm³/mol. The lowest BCUT2D eigenvalue weighted by atomic mass is 9.90. The number of piperidine rings is 1. The molecule has 0 aromatic carbocycles. The number of hydrogen-bond donors (Lipinski definition) is 2. The third-order valence-corrected chi connectivity index (χ3v) is 3.54. The Hall–Kier alpha value is -1.20. The van der Waals surface area contributed by atoms with E-state index in [-0.39, 0.29) is 5.60 Å². The number of anilines is 1. The van der Waals surface area contributed by atoms with Crippen LogP contribution in [0.15, 0.2) is 18.5 Å². The summed E-state index contributed by atoms with van der Waals surface area (Å²) in [5, 5.41) is 6.76. The molecule has 0 saturated carbocycles. The zero-order valence-electron chi connectivity index (χ0n) is 9.85. The zero-order chi connectivity index (χ0) is 11.6. The fraction of sp³-hybridized carbons (Fsp3) is 0.667. The first-order chi connectivity index (χ1) is 8.36. The van der Waals surface area contributed by atoms with Crippen molar-refractivity contribution in [2.75, 3.05) is 25.0 Å². The highest BCUT2D eigenvalue weighted by Crippen LogP contribution is 2.32. The molecule has 2 N–H and O–H groups in total. The van der Waals surface area contributed by atoms with Crippen molar-refractivity contribution in [1.29, 1.82) is 0 Å². The van der Waals surface area contributed by atoms with Crippen LogP contribution < -0.4 is 10.6 Å². The molecule has 1 spiro atoms. The molecule has 1 aromatic heterocycles. The minimum absolute atomic E-state index is 0.0463. The van der Waals surface area contributed by atoms with Gasteiger partial charge in [-0.15, -0.1) is 0 Å². The SMILES string of the molecule is c1cnc(N[C@@H]2CO[C@@]3(CCCNC3)C2)nc1. The van der Waals surface area contributed by atoms with Gasteiger partial charge in [-0.05, 0) is 25.5 Å². The number of aromatic nitrogens is 2. The van der Waals surface area contributed by atoms with Crippen molar-refractivity contribution in [2.24, 2.45) is 0 Å². The van der Waals surface area contributed by atoms with E-state index in [2.05, 4.69) is 20.6 Å². The minimum Gasteiger partial charge on any atom is -0.371 e. The molecule has 3 rings (SSSR count). The van der Waals surface area contributed by atoms with E-state index in [1.165, 1.54) is 6.42 Å². The van der Waals surface area contributed by atoms with Gasteiger partial charge in [0, 0.05) is 25.4 Å². The summed E-state index contributed by atoms with van der Waals surface area (Å²) in [7, 11) is 0. The second-order valence-corrected chi connectivity index (χ2v) is 4.89. The molecule has 1 aromatic rings. The van der Waals surface area contributed by atoms with Gasteiger partial charge < -0.3 is 15.4 Å². The van der Waals surface area contributed by atoms with Crippen LogP contribution >= 0.6 is 0 Å². The monoisotopic (exact) mass is 234 g/mol. The van der Waals surface area contributed by atoms with Gasteiger partial charge in [0.2, 0.25) is 5.95 Å². The number of hydrogen-bond acceptors (Lipinski definition) is 5. The molecular formula is C12H18N4O. The van der Waals surface area contributed by atoms with E-state index in [0.717, 1.165) is 32.5 Å². The lowest BCUT2D eigenvalue weighted by Crippen LogP contribution is -2.45. The highest BCUT2D eigenvalue weighted by Gasteiger charge is 2.41. The summed E-state index contributed by atoms with van der Waals surface area (Å²) in [5.41, 5.74) is 0.0463. The first kappa shape index (κ1) is 10.9. The molecule has 0 aliphatic carbocycles. The van der Waals surface area contributed by atoms with Crippen LogP contribution in [-0.4, -0.2) is 41.3 Å². The average molecular weight is 234 g/mol. The number of rotatable bonds is 2.